The molecule has 29 heavy (non-hydrogen) atoms. The van der Waals surface area contributed by atoms with Crippen molar-refractivity contribution in [2.75, 3.05) is 13.1 Å². The first kappa shape index (κ1) is 22.7. The van der Waals surface area contributed by atoms with E-state index in [1.807, 2.05) is 79.9 Å². The number of amides is 2. The predicted octanol–water partition coefficient (Wildman–Crippen LogP) is 4.26. The van der Waals surface area contributed by atoms with Gasteiger partial charge in [-0.25, -0.2) is 0 Å². The maximum absolute atomic E-state index is 13.3. The molecule has 1 unspecified atom stereocenters. The first-order valence-corrected chi connectivity index (χ1v) is 10.5. The van der Waals surface area contributed by atoms with Gasteiger partial charge < -0.3 is 14.4 Å². The molecule has 5 nitrogen and oxygen atoms in total. The van der Waals surface area contributed by atoms with Crippen molar-refractivity contribution in [3.05, 3.63) is 59.4 Å². The molecule has 0 N–H and O–H groups in total. The van der Waals surface area contributed by atoms with Crippen LogP contribution in [0.5, 0.6) is 0 Å². The molecule has 1 heterocycles. The van der Waals surface area contributed by atoms with Gasteiger partial charge in [-0.15, -0.1) is 0 Å². The molecular weight excluding hydrogens is 362 g/mol. The largest absolute Gasteiger partial charge is 0.353 e. The second-order valence-electron chi connectivity index (χ2n) is 8.28. The zero-order valence-electron chi connectivity index (χ0n) is 18.7. The predicted molar refractivity (Wildman–Crippen MR) is 118 cm³/mol. The van der Waals surface area contributed by atoms with Crippen molar-refractivity contribution < 1.29 is 9.59 Å². The van der Waals surface area contributed by atoms with E-state index in [9.17, 15) is 9.59 Å². The van der Waals surface area contributed by atoms with Crippen molar-refractivity contribution >= 4 is 11.8 Å². The molecule has 2 amide bonds. The SMILES string of the molecule is CCC(C)N(CC(=O)N(Cc1cccn1C)CC(C)C)C(=O)c1ccccc1C. The van der Waals surface area contributed by atoms with Gasteiger partial charge in [-0.3, -0.25) is 9.59 Å². The van der Waals surface area contributed by atoms with E-state index in [4.69, 9.17) is 0 Å². The molecule has 5 heteroatoms. The molecular formula is C24H35N3O2. The third-order valence-electron chi connectivity index (χ3n) is 5.41. The van der Waals surface area contributed by atoms with Crippen LogP contribution < -0.4 is 0 Å². The first-order valence-electron chi connectivity index (χ1n) is 10.5. The zero-order chi connectivity index (χ0) is 21.6. The molecule has 1 aromatic carbocycles. The molecule has 1 atom stereocenters. The number of carbonyl (C=O) groups excluding carboxylic acids is 2. The third kappa shape index (κ3) is 5.96. The average Bonchev–Trinajstić information content (AvgIpc) is 3.09. The molecule has 0 aliphatic rings. The van der Waals surface area contributed by atoms with Gasteiger partial charge in [-0.1, -0.05) is 39.0 Å². The van der Waals surface area contributed by atoms with E-state index in [0.717, 1.165) is 17.7 Å². The monoisotopic (exact) mass is 397 g/mol. The Labute approximate surface area is 175 Å². The Morgan fingerprint density at radius 1 is 1.07 bits per heavy atom. The number of hydrogen-bond acceptors (Lipinski definition) is 2. The van der Waals surface area contributed by atoms with Crippen LogP contribution in [-0.2, 0) is 18.4 Å². The van der Waals surface area contributed by atoms with Crippen LogP contribution in [0.3, 0.4) is 0 Å². The molecule has 0 aliphatic heterocycles. The Morgan fingerprint density at radius 3 is 2.31 bits per heavy atom. The topological polar surface area (TPSA) is 45.6 Å². The van der Waals surface area contributed by atoms with Crippen molar-refractivity contribution in [1.29, 1.82) is 0 Å². The van der Waals surface area contributed by atoms with Crippen molar-refractivity contribution in [2.45, 2.75) is 53.6 Å². The number of rotatable bonds is 9. The molecule has 0 fully saturated rings. The third-order valence-corrected chi connectivity index (χ3v) is 5.41. The normalized spacial score (nSPS) is 12.1. The Kier molecular flexibility index (Phi) is 8.06. The van der Waals surface area contributed by atoms with Crippen LogP contribution >= 0.6 is 0 Å². The van der Waals surface area contributed by atoms with E-state index >= 15 is 0 Å². The minimum absolute atomic E-state index is 0.0119. The fourth-order valence-electron chi connectivity index (χ4n) is 3.41. The van der Waals surface area contributed by atoms with Crippen molar-refractivity contribution in [2.24, 2.45) is 13.0 Å². The minimum atomic E-state index is -0.0748. The quantitative estimate of drug-likeness (QED) is 0.635. The first-order chi connectivity index (χ1) is 13.7. The molecule has 0 saturated heterocycles. The highest BCUT2D eigenvalue weighted by Crippen LogP contribution is 2.16. The van der Waals surface area contributed by atoms with Gasteiger partial charge in [-0.05, 0) is 49.9 Å². The van der Waals surface area contributed by atoms with E-state index in [0.29, 0.717) is 24.6 Å². The van der Waals surface area contributed by atoms with Gasteiger partial charge in [0.15, 0.2) is 0 Å². The molecule has 0 saturated carbocycles. The number of carbonyl (C=O) groups is 2. The highest BCUT2D eigenvalue weighted by molar-refractivity contribution is 5.97. The van der Waals surface area contributed by atoms with Gasteiger partial charge in [-0.2, -0.15) is 0 Å². The Bertz CT molecular complexity index is 825. The number of aromatic nitrogens is 1. The summed E-state index contributed by atoms with van der Waals surface area (Å²) in [6.45, 7) is 11.5. The molecule has 0 bridgehead atoms. The molecule has 2 aromatic rings. The Hall–Kier alpha value is -2.56. The molecule has 158 valence electrons. The fourth-order valence-corrected chi connectivity index (χ4v) is 3.41. The summed E-state index contributed by atoms with van der Waals surface area (Å²) in [5.41, 5.74) is 2.68. The van der Waals surface area contributed by atoms with Crippen LogP contribution in [0, 0.1) is 12.8 Å². The van der Waals surface area contributed by atoms with E-state index < -0.39 is 0 Å². The summed E-state index contributed by atoms with van der Waals surface area (Å²) in [7, 11) is 1.99. The van der Waals surface area contributed by atoms with Crippen molar-refractivity contribution in [3.8, 4) is 0 Å². The summed E-state index contributed by atoms with van der Waals surface area (Å²) < 4.78 is 2.03. The van der Waals surface area contributed by atoms with Gasteiger partial charge in [0.1, 0.15) is 6.54 Å². The highest BCUT2D eigenvalue weighted by atomic mass is 16.2. The number of hydrogen-bond donors (Lipinski definition) is 0. The molecule has 0 aliphatic carbocycles. The van der Waals surface area contributed by atoms with Crippen molar-refractivity contribution in [1.82, 2.24) is 14.4 Å². The van der Waals surface area contributed by atoms with Gasteiger partial charge in [0.05, 0.1) is 6.54 Å². The lowest BCUT2D eigenvalue weighted by Crippen LogP contribution is -2.47. The van der Waals surface area contributed by atoms with Crippen LogP contribution in [-0.4, -0.2) is 45.3 Å². The van der Waals surface area contributed by atoms with Crippen molar-refractivity contribution in [3.63, 3.8) is 0 Å². The second-order valence-corrected chi connectivity index (χ2v) is 8.28. The molecule has 2 rings (SSSR count). The molecule has 1 aromatic heterocycles. The van der Waals surface area contributed by atoms with Crippen LogP contribution in [0.1, 0.15) is 55.7 Å². The van der Waals surface area contributed by atoms with E-state index in [1.54, 1.807) is 4.90 Å². The van der Waals surface area contributed by atoms with Crippen LogP contribution in [0.25, 0.3) is 0 Å². The Morgan fingerprint density at radius 2 is 1.76 bits per heavy atom. The van der Waals surface area contributed by atoms with E-state index in [-0.39, 0.29) is 24.4 Å². The summed E-state index contributed by atoms with van der Waals surface area (Å²) in [5, 5.41) is 0. The van der Waals surface area contributed by atoms with Crippen LogP contribution in [0.15, 0.2) is 42.6 Å². The molecule has 0 spiro atoms. The fraction of sp³-hybridized carbons (Fsp3) is 0.500. The number of nitrogens with zero attached hydrogens (tertiary/aromatic N) is 3. The summed E-state index contributed by atoms with van der Waals surface area (Å²) in [5.74, 6) is 0.264. The smallest absolute Gasteiger partial charge is 0.254 e. The standard InChI is InChI=1S/C24H35N3O2/c1-7-20(5)27(24(29)22-13-9-8-11-19(22)4)17-23(28)26(15-18(2)3)16-21-12-10-14-25(21)6/h8-14,18,20H,7,15-17H2,1-6H3. The second kappa shape index (κ2) is 10.3. The summed E-state index contributed by atoms with van der Waals surface area (Å²) in [6, 6.07) is 11.6. The lowest BCUT2D eigenvalue weighted by molar-refractivity contribution is -0.133. The zero-order valence-corrected chi connectivity index (χ0v) is 18.7. The number of aryl methyl sites for hydroxylation is 2. The van der Waals surface area contributed by atoms with E-state index in [2.05, 4.69) is 13.8 Å². The van der Waals surface area contributed by atoms with Gasteiger partial charge in [0.25, 0.3) is 5.91 Å². The summed E-state index contributed by atoms with van der Waals surface area (Å²) in [4.78, 5) is 30.2. The van der Waals surface area contributed by atoms with Crippen LogP contribution in [0.2, 0.25) is 0 Å². The minimum Gasteiger partial charge on any atom is -0.353 e. The summed E-state index contributed by atoms with van der Waals surface area (Å²) >= 11 is 0. The summed E-state index contributed by atoms with van der Waals surface area (Å²) in [6.07, 6.45) is 2.79. The van der Waals surface area contributed by atoms with E-state index in [1.165, 1.54) is 0 Å². The maximum atomic E-state index is 13.3. The van der Waals surface area contributed by atoms with Crippen LogP contribution in [0.4, 0.5) is 0 Å². The molecule has 0 radical (unpaired) electrons. The van der Waals surface area contributed by atoms with Gasteiger partial charge in [0.2, 0.25) is 5.91 Å². The van der Waals surface area contributed by atoms with Gasteiger partial charge in [0, 0.05) is 37.1 Å². The highest BCUT2D eigenvalue weighted by Gasteiger charge is 2.27. The van der Waals surface area contributed by atoms with Gasteiger partial charge >= 0.3 is 0 Å². The number of benzene rings is 1. The lowest BCUT2D eigenvalue weighted by Gasteiger charge is -2.32. The lowest BCUT2D eigenvalue weighted by atomic mass is 10.1. The maximum Gasteiger partial charge on any atom is 0.254 e. The average molecular weight is 398 g/mol. The Balaban J connectivity index is 2.24.